The average Bonchev–Trinajstić information content (AvgIpc) is 3.26. The van der Waals surface area contributed by atoms with E-state index in [4.69, 9.17) is 21.1 Å². The van der Waals surface area contributed by atoms with Gasteiger partial charge in [0.25, 0.3) is 11.8 Å². The molecule has 4 aromatic rings. The third kappa shape index (κ3) is 5.69. The highest BCUT2D eigenvalue weighted by Gasteiger charge is 2.25. The van der Waals surface area contributed by atoms with Crippen molar-refractivity contribution in [1.82, 2.24) is 5.32 Å². The lowest BCUT2D eigenvalue weighted by Crippen LogP contribution is -2.20. The summed E-state index contributed by atoms with van der Waals surface area (Å²) in [5.41, 5.74) is 2.20. The molecule has 0 saturated carbocycles. The van der Waals surface area contributed by atoms with E-state index in [2.05, 4.69) is 28.5 Å². The van der Waals surface area contributed by atoms with E-state index < -0.39 is 5.91 Å². The van der Waals surface area contributed by atoms with Crippen LogP contribution in [0.4, 0.5) is 0 Å². The molecule has 0 bridgehead atoms. The third-order valence-corrected chi connectivity index (χ3v) is 6.86. The summed E-state index contributed by atoms with van der Waals surface area (Å²) < 4.78 is 11.6. The average molecular weight is 529 g/mol. The van der Waals surface area contributed by atoms with Crippen LogP contribution in [0, 0.1) is 0 Å². The Balaban J connectivity index is 1.30. The van der Waals surface area contributed by atoms with Crippen LogP contribution >= 0.6 is 23.4 Å². The molecule has 0 radical (unpaired) electrons. The Hall–Kier alpha value is -4.07. The molecule has 0 unspecified atom stereocenters. The predicted molar refractivity (Wildman–Crippen MR) is 148 cm³/mol. The van der Waals surface area contributed by atoms with Gasteiger partial charge >= 0.3 is 0 Å². The number of hydrogen-bond acceptors (Lipinski definition) is 5. The fraction of sp³-hybridized carbons (Fsp3) is 0.0690. The Morgan fingerprint density at radius 2 is 1.78 bits per heavy atom. The molecule has 1 saturated heterocycles. The quantitative estimate of drug-likeness (QED) is 0.290. The number of nitrogens with zero attached hydrogens (tertiary/aromatic N) is 1. The molecule has 2 amide bonds. The topological polar surface area (TPSA) is 77.0 Å². The number of nitrogens with one attached hydrogen (secondary N) is 1. The number of fused-ring (bicyclic) bond motifs is 1. The summed E-state index contributed by atoms with van der Waals surface area (Å²) >= 11 is 6.96. The van der Waals surface area contributed by atoms with Crippen molar-refractivity contribution < 1.29 is 19.1 Å². The molecule has 37 heavy (non-hydrogen) atoms. The fourth-order valence-electron chi connectivity index (χ4n) is 3.85. The third-order valence-electron chi connectivity index (χ3n) is 5.69. The van der Waals surface area contributed by atoms with Gasteiger partial charge in [-0.05, 0) is 76.1 Å². The minimum Gasteiger partial charge on any atom is -0.493 e. The van der Waals surface area contributed by atoms with Crippen molar-refractivity contribution in [2.75, 3.05) is 7.11 Å². The fourth-order valence-corrected chi connectivity index (χ4v) is 4.79. The lowest BCUT2D eigenvalue weighted by molar-refractivity contribution is -0.115. The minimum absolute atomic E-state index is 0.221. The predicted octanol–water partition coefficient (Wildman–Crippen LogP) is 6.48. The SMILES string of the molecule is COc1cc(/C=C2\SC(=NC(=O)c3ccc(Cl)cc3)NC2=O)ccc1OCc1cccc2ccccc12. The normalized spacial score (nSPS) is 15.2. The van der Waals surface area contributed by atoms with Gasteiger partial charge in [-0.15, -0.1) is 0 Å². The molecule has 6 nitrogen and oxygen atoms in total. The van der Waals surface area contributed by atoms with Crippen molar-refractivity contribution in [2.24, 2.45) is 4.99 Å². The number of hydrogen-bond donors (Lipinski definition) is 1. The minimum atomic E-state index is -0.463. The van der Waals surface area contributed by atoms with Crippen molar-refractivity contribution in [3.8, 4) is 11.5 Å². The van der Waals surface area contributed by atoms with Crippen molar-refractivity contribution in [3.63, 3.8) is 0 Å². The lowest BCUT2D eigenvalue weighted by atomic mass is 10.1. The highest BCUT2D eigenvalue weighted by atomic mass is 35.5. The first kappa shape index (κ1) is 24.6. The molecular weight excluding hydrogens is 508 g/mol. The van der Waals surface area contributed by atoms with Crippen molar-refractivity contribution in [1.29, 1.82) is 0 Å². The molecule has 0 aromatic heterocycles. The van der Waals surface area contributed by atoms with Crippen LogP contribution in [0.5, 0.6) is 11.5 Å². The van der Waals surface area contributed by atoms with Crippen LogP contribution in [-0.4, -0.2) is 24.1 Å². The van der Waals surface area contributed by atoms with Crippen LogP contribution in [0.15, 0.2) is 94.8 Å². The second-order valence-electron chi connectivity index (χ2n) is 8.13. The maximum absolute atomic E-state index is 12.5. The van der Waals surface area contributed by atoms with Gasteiger partial charge in [0.15, 0.2) is 16.7 Å². The van der Waals surface area contributed by atoms with Crippen molar-refractivity contribution in [3.05, 3.63) is 112 Å². The molecule has 184 valence electrons. The van der Waals surface area contributed by atoms with Crippen LogP contribution in [-0.2, 0) is 11.4 Å². The molecule has 1 heterocycles. The molecule has 4 aromatic carbocycles. The molecule has 5 rings (SSSR count). The molecule has 0 aliphatic carbocycles. The molecule has 1 aliphatic rings. The highest BCUT2D eigenvalue weighted by Crippen LogP contribution is 2.32. The van der Waals surface area contributed by atoms with E-state index in [9.17, 15) is 9.59 Å². The second kappa shape index (κ2) is 10.9. The Morgan fingerprint density at radius 1 is 1.00 bits per heavy atom. The van der Waals surface area contributed by atoms with Crippen LogP contribution in [0.1, 0.15) is 21.5 Å². The number of ether oxygens (including phenoxy) is 2. The van der Waals surface area contributed by atoms with Gasteiger partial charge in [0.2, 0.25) is 0 Å². The Labute approximate surface area is 223 Å². The Kier molecular flexibility index (Phi) is 7.25. The smallest absolute Gasteiger partial charge is 0.279 e. The summed E-state index contributed by atoms with van der Waals surface area (Å²) in [6, 6.07) is 26.2. The van der Waals surface area contributed by atoms with Gasteiger partial charge in [0.1, 0.15) is 6.61 Å². The van der Waals surface area contributed by atoms with Crippen LogP contribution in [0.25, 0.3) is 16.8 Å². The van der Waals surface area contributed by atoms with Gasteiger partial charge in [-0.1, -0.05) is 60.1 Å². The van der Waals surface area contributed by atoms with E-state index in [0.29, 0.717) is 33.6 Å². The number of amides is 2. The molecule has 1 aliphatic heterocycles. The number of methoxy groups -OCH3 is 1. The first-order valence-electron chi connectivity index (χ1n) is 11.4. The standard InChI is InChI=1S/C29H21ClN2O4S/c1-35-25-15-18(9-14-24(25)36-17-21-7-4-6-19-5-2-3-8-23(19)21)16-26-28(34)32-29(37-26)31-27(33)20-10-12-22(30)13-11-20/h2-16H,17H2,1H3,(H,31,32,33,34)/b26-16-. The molecule has 8 heteroatoms. The summed E-state index contributed by atoms with van der Waals surface area (Å²) in [6.07, 6.45) is 1.71. The summed E-state index contributed by atoms with van der Waals surface area (Å²) in [5.74, 6) is 0.347. The zero-order chi connectivity index (χ0) is 25.8. The van der Waals surface area contributed by atoms with E-state index in [1.807, 2.05) is 36.4 Å². The number of aliphatic imine (C=N–C) groups is 1. The Bertz CT molecular complexity index is 1560. The number of amidine groups is 1. The van der Waals surface area contributed by atoms with Crippen LogP contribution in [0.3, 0.4) is 0 Å². The first-order chi connectivity index (χ1) is 18.0. The summed E-state index contributed by atoms with van der Waals surface area (Å²) in [6.45, 7) is 0.387. The van der Waals surface area contributed by atoms with Crippen molar-refractivity contribution >= 4 is 57.2 Å². The molecule has 0 spiro atoms. The van der Waals surface area contributed by atoms with Gasteiger partial charge < -0.3 is 14.8 Å². The monoisotopic (exact) mass is 528 g/mol. The molecular formula is C29H21ClN2O4S. The van der Waals surface area contributed by atoms with Gasteiger partial charge in [-0.2, -0.15) is 4.99 Å². The second-order valence-corrected chi connectivity index (χ2v) is 9.60. The summed E-state index contributed by atoms with van der Waals surface area (Å²) in [4.78, 5) is 29.3. The van der Waals surface area contributed by atoms with Gasteiger partial charge in [0.05, 0.1) is 12.0 Å². The highest BCUT2D eigenvalue weighted by molar-refractivity contribution is 8.18. The molecule has 1 N–H and O–H groups in total. The number of benzene rings is 4. The zero-order valence-electron chi connectivity index (χ0n) is 19.7. The largest absolute Gasteiger partial charge is 0.493 e. The molecule has 0 atom stereocenters. The number of rotatable bonds is 6. The summed E-state index contributed by atoms with van der Waals surface area (Å²) in [5, 5.41) is 5.67. The summed E-state index contributed by atoms with van der Waals surface area (Å²) in [7, 11) is 1.57. The maximum atomic E-state index is 12.5. The van der Waals surface area contributed by atoms with E-state index >= 15 is 0 Å². The lowest BCUT2D eigenvalue weighted by Gasteiger charge is -2.13. The van der Waals surface area contributed by atoms with E-state index in [0.717, 1.165) is 33.7 Å². The van der Waals surface area contributed by atoms with E-state index in [1.165, 1.54) is 0 Å². The van der Waals surface area contributed by atoms with Gasteiger partial charge in [-0.3, -0.25) is 9.59 Å². The van der Waals surface area contributed by atoms with Gasteiger partial charge in [-0.25, -0.2) is 0 Å². The number of halogens is 1. The van der Waals surface area contributed by atoms with Crippen molar-refractivity contribution in [2.45, 2.75) is 6.61 Å². The first-order valence-corrected chi connectivity index (χ1v) is 12.6. The Morgan fingerprint density at radius 3 is 2.59 bits per heavy atom. The van der Waals surface area contributed by atoms with Crippen LogP contribution < -0.4 is 14.8 Å². The number of carbonyl (C=O) groups is 2. The zero-order valence-corrected chi connectivity index (χ0v) is 21.3. The molecule has 1 fully saturated rings. The van der Waals surface area contributed by atoms with Crippen LogP contribution in [0.2, 0.25) is 5.02 Å². The van der Waals surface area contributed by atoms with Gasteiger partial charge in [0, 0.05) is 10.6 Å². The van der Waals surface area contributed by atoms with E-state index in [-0.39, 0.29) is 11.1 Å². The number of carbonyl (C=O) groups excluding carboxylic acids is 2. The van der Waals surface area contributed by atoms with E-state index in [1.54, 1.807) is 43.5 Å². The maximum Gasteiger partial charge on any atom is 0.279 e. The number of thioether (sulfide) groups is 1.